The summed E-state index contributed by atoms with van der Waals surface area (Å²) in [5.41, 5.74) is 2.87. The number of anilines is 1. The minimum absolute atomic E-state index is 0.0556. The van der Waals surface area contributed by atoms with Gasteiger partial charge in [-0.1, -0.05) is 18.2 Å². The second-order valence-electron chi connectivity index (χ2n) is 5.67. The molecular formula is C18H19N3O2. The van der Waals surface area contributed by atoms with E-state index in [1.807, 2.05) is 12.1 Å². The number of aliphatic imine (C=N–C) groups is 1. The number of benzene rings is 2. The van der Waals surface area contributed by atoms with Crippen LogP contribution in [0.4, 0.5) is 17.1 Å². The number of nitro groups is 1. The summed E-state index contributed by atoms with van der Waals surface area (Å²) in [4.78, 5) is 17.1. The molecule has 5 heteroatoms. The van der Waals surface area contributed by atoms with Crippen LogP contribution in [-0.4, -0.2) is 24.2 Å². The highest BCUT2D eigenvalue weighted by Crippen LogP contribution is 2.21. The molecule has 118 valence electrons. The lowest BCUT2D eigenvalue weighted by Crippen LogP contribution is -2.29. The zero-order valence-corrected chi connectivity index (χ0v) is 12.9. The molecule has 0 saturated carbocycles. The fraction of sp³-hybridized carbons (Fsp3) is 0.278. The normalized spacial score (nSPS) is 15.0. The van der Waals surface area contributed by atoms with Gasteiger partial charge in [0, 0.05) is 37.1 Å². The van der Waals surface area contributed by atoms with Crippen molar-refractivity contribution < 1.29 is 4.92 Å². The molecule has 3 rings (SSSR count). The Labute approximate surface area is 135 Å². The van der Waals surface area contributed by atoms with E-state index in [4.69, 9.17) is 0 Å². The number of hydrogen-bond acceptors (Lipinski definition) is 4. The smallest absolute Gasteiger partial charge is 0.271 e. The van der Waals surface area contributed by atoms with Crippen molar-refractivity contribution in [1.29, 1.82) is 0 Å². The molecular weight excluding hydrogens is 290 g/mol. The van der Waals surface area contributed by atoms with Gasteiger partial charge in [-0.2, -0.15) is 0 Å². The maximum absolute atomic E-state index is 10.8. The second kappa shape index (κ2) is 7.05. The predicted molar refractivity (Wildman–Crippen MR) is 92.9 cm³/mol. The molecule has 0 radical (unpaired) electrons. The summed E-state index contributed by atoms with van der Waals surface area (Å²) in [6, 6.07) is 14.6. The zero-order valence-electron chi connectivity index (χ0n) is 12.9. The van der Waals surface area contributed by atoms with Crippen molar-refractivity contribution in [2.75, 3.05) is 18.0 Å². The van der Waals surface area contributed by atoms with Crippen LogP contribution < -0.4 is 4.90 Å². The molecule has 0 bridgehead atoms. The highest BCUT2D eigenvalue weighted by atomic mass is 16.6. The van der Waals surface area contributed by atoms with Gasteiger partial charge in [0.1, 0.15) is 0 Å². The van der Waals surface area contributed by atoms with Crippen LogP contribution in [0.2, 0.25) is 0 Å². The fourth-order valence-electron chi connectivity index (χ4n) is 2.76. The van der Waals surface area contributed by atoms with Gasteiger partial charge in [-0.25, -0.2) is 0 Å². The predicted octanol–water partition coefficient (Wildman–Crippen LogP) is 4.34. The molecule has 0 amide bonds. The fourth-order valence-corrected chi connectivity index (χ4v) is 2.76. The summed E-state index contributed by atoms with van der Waals surface area (Å²) in [5, 5.41) is 10.8. The van der Waals surface area contributed by atoms with E-state index >= 15 is 0 Å². The summed E-state index contributed by atoms with van der Waals surface area (Å²) in [6.45, 7) is 2.25. The number of nitrogens with zero attached hydrogens (tertiary/aromatic N) is 3. The second-order valence-corrected chi connectivity index (χ2v) is 5.67. The first-order valence-electron chi connectivity index (χ1n) is 7.86. The Morgan fingerprint density at radius 3 is 2.48 bits per heavy atom. The van der Waals surface area contributed by atoms with Gasteiger partial charge in [-0.3, -0.25) is 15.1 Å². The lowest BCUT2D eigenvalue weighted by atomic mass is 10.1. The maximum Gasteiger partial charge on any atom is 0.271 e. The van der Waals surface area contributed by atoms with Gasteiger partial charge in [0.05, 0.1) is 10.6 Å². The van der Waals surface area contributed by atoms with Gasteiger partial charge >= 0.3 is 0 Å². The summed E-state index contributed by atoms with van der Waals surface area (Å²) >= 11 is 0. The molecule has 2 aromatic carbocycles. The third kappa shape index (κ3) is 3.94. The minimum Gasteiger partial charge on any atom is -0.372 e. The van der Waals surface area contributed by atoms with E-state index in [1.54, 1.807) is 18.3 Å². The first-order chi connectivity index (χ1) is 11.2. The zero-order chi connectivity index (χ0) is 16.1. The van der Waals surface area contributed by atoms with Gasteiger partial charge < -0.3 is 4.90 Å². The van der Waals surface area contributed by atoms with Crippen molar-refractivity contribution in [2.45, 2.75) is 19.3 Å². The van der Waals surface area contributed by atoms with Gasteiger partial charge in [0.25, 0.3) is 5.69 Å². The molecule has 1 fully saturated rings. The SMILES string of the molecule is O=[N+]([O-])c1cccc(N=Cc2ccc(N3CCCCC3)cc2)c1. The third-order valence-corrected chi connectivity index (χ3v) is 4.02. The minimum atomic E-state index is -0.410. The first kappa shape index (κ1) is 15.2. The number of nitro benzene ring substituents is 1. The number of rotatable bonds is 4. The van der Waals surface area contributed by atoms with Gasteiger partial charge in [0.15, 0.2) is 0 Å². The van der Waals surface area contributed by atoms with Crippen LogP contribution in [0.1, 0.15) is 24.8 Å². The highest BCUT2D eigenvalue weighted by molar-refractivity contribution is 5.82. The van der Waals surface area contributed by atoms with Crippen LogP contribution in [0.25, 0.3) is 0 Å². The number of non-ortho nitro benzene ring substituents is 1. The summed E-state index contributed by atoms with van der Waals surface area (Å²) in [6.07, 6.45) is 5.58. The molecule has 23 heavy (non-hydrogen) atoms. The van der Waals surface area contributed by atoms with E-state index in [-0.39, 0.29) is 5.69 Å². The van der Waals surface area contributed by atoms with Crippen molar-refractivity contribution in [2.24, 2.45) is 4.99 Å². The molecule has 0 unspecified atom stereocenters. The Bertz CT molecular complexity index is 704. The topological polar surface area (TPSA) is 58.7 Å². The average Bonchev–Trinajstić information content (AvgIpc) is 2.61. The quantitative estimate of drug-likeness (QED) is 0.479. The standard InChI is InChI=1S/C18H19N3O2/c22-21(23)18-6-4-5-16(13-18)19-14-15-7-9-17(10-8-15)20-11-2-1-3-12-20/h4-10,13-14H,1-3,11-12H2. The molecule has 5 nitrogen and oxygen atoms in total. The Hall–Kier alpha value is -2.69. The molecule has 0 aliphatic carbocycles. The van der Waals surface area contributed by atoms with Crippen molar-refractivity contribution >= 4 is 23.3 Å². The molecule has 1 heterocycles. The molecule has 2 aromatic rings. The summed E-state index contributed by atoms with van der Waals surface area (Å²) < 4.78 is 0. The number of hydrogen-bond donors (Lipinski definition) is 0. The molecule has 1 aliphatic heterocycles. The molecule has 1 saturated heterocycles. The lowest BCUT2D eigenvalue weighted by Gasteiger charge is -2.28. The lowest BCUT2D eigenvalue weighted by molar-refractivity contribution is -0.384. The summed E-state index contributed by atoms with van der Waals surface area (Å²) in [5.74, 6) is 0. The summed E-state index contributed by atoms with van der Waals surface area (Å²) in [7, 11) is 0. The van der Waals surface area contributed by atoms with Gasteiger partial charge in [0.2, 0.25) is 0 Å². The maximum atomic E-state index is 10.8. The third-order valence-electron chi connectivity index (χ3n) is 4.02. The number of piperidine rings is 1. The van der Waals surface area contributed by atoms with Crippen LogP contribution in [0.3, 0.4) is 0 Å². The van der Waals surface area contributed by atoms with Crippen LogP contribution in [0, 0.1) is 10.1 Å². The van der Waals surface area contributed by atoms with Crippen LogP contribution in [-0.2, 0) is 0 Å². The van der Waals surface area contributed by atoms with Gasteiger partial charge in [-0.15, -0.1) is 0 Å². The molecule has 1 aliphatic rings. The van der Waals surface area contributed by atoms with E-state index in [0.717, 1.165) is 18.7 Å². The van der Waals surface area contributed by atoms with E-state index in [2.05, 4.69) is 22.0 Å². The largest absolute Gasteiger partial charge is 0.372 e. The Balaban J connectivity index is 1.70. The molecule has 0 spiro atoms. The van der Waals surface area contributed by atoms with Crippen molar-refractivity contribution in [1.82, 2.24) is 0 Å². The van der Waals surface area contributed by atoms with E-state index in [0.29, 0.717) is 5.69 Å². The van der Waals surface area contributed by atoms with E-state index < -0.39 is 4.92 Å². The first-order valence-corrected chi connectivity index (χ1v) is 7.86. The Morgan fingerprint density at radius 1 is 1.04 bits per heavy atom. The van der Waals surface area contributed by atoms with Crippen LogP contribution in [0.5, 0.6) is 0 Å². The molecule has 0 aromatic heterocycles. The van der Waals surface area contributed by atoms with Crippen LogP contribution in [0.15, 0.2) is 53.5 Å². The van der Waals surface area contributed by atoms with Crippen LogP contribution >= 0.6 is 0 Å². The molecule has 0 N–H and O–H groups in total. The Kier molecular flexibility index (Phi) is 4.66. The van der Waals surface area contributed by atoms with E-state index in [9.17, 15) is 10.1 Å². The van der Waals surface area contributed by atoms with Crippen molar-refractivity contribution in [3.8, 4) is 0 Å². The highest BCUT2D eigenvalue weighted by Gasteiger charge is 2.10. The monoisotopic (exact) mass is 309 g/mol. The Morgan fingerprint density at radius 2 is 1.78 bits per heavy atom. The van der Waals surface area contributed by atoms with Crippen molar-refractivity contribution in [3.63, 3.8) is 0 Å². The van der Waals surface area contributed by atoms with Gasteiger partial charge in [-0.05, 0) is 43.0 Å². The molecule has 0 atom stereocenters. The van der Waals surface area contributed by atoms with E-state index in [1.165, 1.54) is 37.1 Å². The average molecular weight is 309 g/mol. The van der Waals surface area contributed by atoms with Crippen molar-refractivity contribution in [3.05, 3.63) is 64.2 Å².